The van der Waals surface area contributed by atoms with E-state index in [1.807, 2.05) is 30.3 Å². The quantitative estimate of drug-likeness (QED) is 0.667. The largest absolute Gasteiger partial charge is 0.352 e. The van der Waals surface area contributed by atoms with Crippen molar-refractivity contribution in [2.24, 2.45) is 0 Å². The van der Waals surface area contributed by atoms with E-state index in [0.29, 0.717) is 18.7 Å². The summed E-state index contributed by atoms with van der Waals surface area (Å²) in [6.45, 7) is 0.412. The van der Waals surface area contributed by atoms with Crippen LogP contribution in [0.1, 0.15) is 15.9 Å². The number of hydrogen-bond acceptors (Lipinski definition) is 4. The molecule has 0 bridgehead atoms. The van der Waals surface area contributed by atoms with Gasteiger partial charge in [0.25, 0.3) is 15.9 Å². The van der Waals surface area contributed by atoms with Crippen molar-refractivity contribution >= 4 is 21.6 Å². The summed E-state index contributed by atoms with van der Waals surface area (Å²) in [5.74, 6) is -0.422. The van der Waals surface area contributed by atoms with Gasteiger partial charge in [-0.2, -0.15) is 0 Å². The number of nitrogens with zero attached hydrogens (tertiary/aromatic N) is 2. The first-order valence-corrected chi connectivity index (χ1v) is 10.2. The van der Waals surface area contributed by atoms with Crippen LogP contribution in [-0.4, -0.2) is 32.9 Å². The van der Waals surface area contributed by atoms with Crippen LogP contribution in [0.15, 0.2) is 84.0 Å². The van der Waals surface area contributed by atoms with Crippen LogP contribution in [-0.2, 0) is 16.4 Å². The minimum Gasteiger partial charge on any atom is -0.352 e. The number of rotatable bonds is 7. The highest BCUT2D eigenvalue weighted by Gasteiger charge is 2.26. The van der Waals surface area contributed by atoms with E-state index in [4.69, 9.17) is 0 Å². The Bertz CT molecular complexity index is 1040. The third-order valence-corrected chi connectivity index (χ3v) is 6.17. The monoisotopic (exact) mass is 395 g/mol. The average Bonchev–Trinajstić information content (AvgIpc) is 2.74. The molecule has 1 heterocycles. The molecule has 0 aliphatic rings. The molecule has 0 radical (unpaired) electrons. The van der Waals surface area contributed by atoms with Gasteiger partial charge in [0, 0.05) is 19.8 Å². The third-order valence-electron chi connectivity index (χ3n) is 4.32. The van der Waals surface area contributed by atoms with Gasteiger partial charge in [-0.3, -0.25) is 14.1 Å². The SMILES string of the molecule is CN(c1cccnc1)S(=O)(=O)c1ccccc1C(=O)NCCc1ccccc1. The predicted octanol–water partition coefficient (Wildman–Crippen LogP) is 2.88. The van der Waals surface area contributed by atoms with Gasteiger partial charge in [-0.15, -0.1) is 0 Å². The summed E-state index contributed by atoms with van der Waals surface area (Å²) >= 11 is 0. The summed E-state index contributed by atoms with van der Waals surface area (Å²) < 4.78 is 27.3. The van der Waals surface area contributed by atoms with Crippen molar-refractivity contribution in [1.29, 1.82) is 0 Å². The molecule has 144 valence electrons. The Morgan fingerprint density at radius 2 is 1.71 bits per heavy atom. The number of benzene rings is 2. The number of amides is 1. The minimum atomic E-state index is -3.91. The second-order valence-electron chi connectivity index (χ2n) is 6.17. The summed E-state index contributed by atoms with van der Waals surface area (Å²) in [5.41, 5.74) is 1.63. The predicted molar refractivity (Wildman–Crippen MR) is 109 cm³/mol. The first kappa shape index (κ1) is 19.6. The Morgan fingerprint density at radius 3 is 2.43 bits per heavy atom. The lowest BCUT2D eigenvalue weighted by Crippen LogP contribution is -2.31. The number of sulfonamides is 1. The van der Waals surface area contributed by atoms with Crippen LogP contribution < -0.4 is 9.62 Å². The smallest absolute Gasteiger partial charge is 0.264 e. The lowest BCUT2D eigenvalue weighted by Gasteiger charge is -2.20. The van der Waals surface area contributed by atoms with Crippen LogP contribution in [0.3, 0.4) is 0 Å². The molecule has 0 saturated heterocycles. The molecule has 0 aliphatic heterocycles. The summed E-state index contributed by atoms with van der Waals surface area (Å²) in [6.07, 6.45) is 3.69. The molecular formula is C21H21N3O3S. The van der Waals surface area contributed by atoms with E-state index >= 15 is 0 Å². The molecule has 2 aromatic carbocycles. The van der Waals surface area contributed by atoms with Crippen molar-refractivity contribution < 1.29 is 13.2 Å². The van der Waals surface area contributed by atoms with E-state index in [0.717, 1.165) is 9.87 Å². The topological polar surface area (TPSA) is 79.4 Å². The number of carbonyl (C=O) groups is 1. The van der Waals surface area contributed by atoms with E-state index in [2.05, 4.69) is 10.3 Å². The van der Waals surface area contributed by atoms with Crippen molar-refractivity contribution in [3.8, 4) is 0 Å². The van der Waals surface area contributed by atoms with Crippen LogP contribution in [0.25, 0.3) is 0 Å². The lowest BCUT2D eigenvalue weighted by molar-refractivity contribution is 0.0951. The normalized spacial score (nSPS) is 11.0. The van der Waals surface area contributed by atoms with Crippen LogP contribution in [0.4, 0.5) is 5.69 Å². The Kier molecular flexibility index (Phi) is 6.06. The molecule has 0 unspecified atom stereocenters. The van der Waals surface area contributed by atoms with Crippen molar-refractivity contribution in [3.05, 3.63) is 90.3 Å². The highest BCUT2D eigenvalue weighted by atomic mass is 32.2. The molecule has 0 aliphatic carbocycles. The Morgan fingerprint density at radius 1 is 1.00 bits per heavy atom. The maximum absolute atomic E-state index is 13.1. The van der Waals surface area contributed by atoms with E-state index in [9.17, 15) is 13.2 Å². The van der Waals surface area contributed by atoms with Gasteiger partial charge in [-0.05, 0) is 36.2 Å². The molecule has 7 heteroatoms. The summed E-state index contributed by atoms with van der Waals surface area (Å²) in [6, 6.07) is 19.3. The van der Waals surface area contributed by atoms with E-state index < -0.39 is 15.9 Å². The lowest BCUT2D eigenvalue weighted by atomic mass is 10.1. The Hall–Kier alpha value is -3.19. The molecule has 0 saturated carbocycles. The number of carbonyl (C=O) groups excluding carboxylic acids is 1. The van der Waals surface area contributed by atoms with E-state index in [1.54, 1.807) is 30.5 Å². The van der Waals surface area contributed by atoms with Crippen LogP contribution in [0.2, 0.25) is 0 Å². The first-order valence-electron chi connectivity index (χ1n) is 8.80. The highest BCUT2D eigenvalue weighted by Crippen LogP contribution is 2.23. The molecule has 1 amide bonds. The molecule has 28 heavy (non-hydrogen) atoms. The van der Waals surface area contributed by atoms with Crippen molar-refractivity contribution in [2.45, 2.75) is 11.3 Å². The van der Waals surface area contributed by atoms with Gasteiger partial charge in [-0.25, -0.2) is 8.42 Å². The molecule has 3 rings (SSSR count). The van der Waals surface area contributed by atoms with Crippen molar-refractivity contribution in [1.82, 2.24) is 10.3 Å². The van der Waals surface area contributed by atoms with Gasteiger partial charge in [0.15, 0.2) is 0 Å². The van der Waals surface area contributed by atoms with Crippen LogP contribution >= 0.6 is 0 Å². The molecule has 1 N–H and O–H groups in total. The second kappa shape index (κ2) is 8.67. The number of pyridine rings is 1. The van der Waals surface area contributed by atoms with Crippen LogP contribution in [0.5, 0.6) is 0 Å². The molecule has 0 fully saturated rings. The molecule has 0 atom stereocenters. The molecular weight excluding hydrogens is 374 g/mol. The van der Waals surface area contributed by atoms with E-state index in [1.165, 1.54) is 25.4 Å². The standard InChI is InChI=1S/C21H21N3O3S/c1-24(18-10-7-14-22-16-18)28(26,27)20-12-6-5-11-19(20)21(25)23-15-13-17-8-3-2-4-9-17/h2-12,14,16H,13,15H2,1H3,(H,23,25). The van der Waals surface area contributed by atoms with Gasteiger partial charge >= 0.3 is 0 Å². The molecule has 3 aromatic rings. The van der Waals surface area contributed by atoms with E-state index in [-0.39, 0.29) is 10.5 Å². The Labute approximate surface area is 164 Å². The summed E-state index contributed by atoms with van der Waals surface area (Å²) in [5, 5.41) is 2.80. The number of nitrogens with one attached hydrogen (secondary N) is 1. The number of hydrogen-bond donors (Lipinski definition) is 1. The number of anilines is 1. The zero-order valence-electron chi connectivity index (χ0n) is 15.4. The fourth-order valence-electron chi connectivity index (χ4n) is 2.77. The number of aromatic nitrogens is 1. The second-order valence-corrected chi connectivity index (χ2v) is 8.11. The molecule has 0 spiro atoms. The average molecular weight is 395 g/mol. The zero-order chi connectivity index (χ0) is 20.0. The molecule has 6 nitrogen and oxygen atoms in total. The van der Waals surface area contributed by atoms with Gasteiger partial charge in [0.05, 0.1) is 17.4 Å². The third kappa shape index (κ3) is 4.37. The van der Waals surface area contributed by atoms with Gasteiger partial charge in [0.2, 0.25) is 0 Å². The first-order chi connectivity index (χ1) is 13.5. The minimum absolute atomic E-state index is 0.0430. The van der Waals surface area contributed by atoms with Gasteiger partial charge in [0.1, 0.15) is 4.90 Å². The van der Waals surface area contributed by atoms with Gasteiger partial charge in [-0.1, -0.05) is 42.5 Å². The van der Waals surface area contributed by atoms with Crippen molar-refractivity contribution in [3.63, 3.8) is 0 Å². The maximum atomic E-state index is 13.1. The van der Waals surface area contributed by atoms with Crippen molar-refractivity contribution in [2.75, 3.05) is 17.9 Å². The Balaban J connectivity index is 1.79. The zero-order valence-corrected chi connectivity index (χ0v) is 16.3. The summed E-state index contributed by atoms with van der Waals surface area (Å²) in [4.78, 5) is 16.6. The fourth-order valence-corrected chi connectivity index (χ4v) is 4.14. The fraction of sp³-hybridized carbons (Fsp3) is 0.143. The van der Waals surface area contributed by atoms with Crippen LogP contribution in [0, 0.1) is 0 Å². The molecule has 1 aromatic heterocycles. The van der Waals surface area contributed by atoms with Gasteiger partial charge < -0.3 is 5.32 Å². The summed E-state index contributed by atoms with van der Waals surface area (Å²) in [7, 11) is -2.47. The maximum Gasteiger partial charge on any atom is 0.264 e. The highest BCUT2D eigenvalue weighted by molar-refractivity contribution is 7.92.